The summed E-state index contributed by atoms with van der Waals surface area (Å²) < 4.78 is 0. The predicted octanol–water partition coefficient (Wildman–Crippen LogP) is 2.42. The van der Waals surface area contributed by atoms with Gasteiger partial charge < -0.3 is 10.6 Å². The molecule has 120 valence electrons. The number of aromatic nitrogens is 1. The van der Waals surface area contributed by atoms with E-state index in [0.717, 1.165) is 22.0 Å². The fourth-order valence-electron chi connectivity index (χ4n) is 2.37. The van der Waals surface area contributed by atoms with Crippen molar-refractivity contribution in [2.24, 2.45) is 0 Å². The van der Waals surface area contributed by atoms with Gasteiger partial charge in [-0.3, -0.25) is 9.69 Å². The lowest BCUT2D eigenvalue weighted by atomic mass is 10.2. The van der Waals surface area contributed by atoms with Gasteiger partial charge in [-0.2, -0.15) is 0 Å². The maximum Gasteiger partial charge on any atom is 0.324 e. The van der Waals surface area contributed by atoms with E-state index in [1.165, 1.54) is 9.78 Å². The van der Waals surface area contributed by atoms with Crippen molar-refractivity contribution in [2.75, 3.05) is 11.9 Å². The molecule has 0 atom stereocenters. The number of anilines is 1. The van der Waals surface area contributed by atoms with E-state index in [1.54, 1.807) is 11.3 Å². The van der Waals surface area contributed by atoms with Crippen molar-refractivity contribution in [3.8, 4) is 0 Å². The van der Waals surface area contributed by atoms with Gasteiger partial charge in [0.15, 0.2) is 0 Å². The number of nitrogens with zero attached hydrogens (tertiary/aromatic N) is 2. The molecular formula is C16H18N4O2S. The van der Waals surface area contributed by atoms with Gasteiger partial charge >= 0.3 is 6.03 Å². The molecule has 0 radical (unpaired) electrons. The summed E-state index contributed by atoms with van der Waals surface area (Å²) in [6.07, 6.45) is 0. The predicted molar refractivity (Wildman–Crippen MR) is 89.3 cm³/mol. The lowest BCUT2D eigenvalue weighted by molar-refractivity contribution is -0.125. The van der Waals surface area contributed by atoms with Crippen molar-refractivity contribution in [3.63, 3.8) is 0 Å². The third kappa shape index (κ3) is 3.50. The summed E-state index contributed by atoms with van der Waals surface area (Å²) in [6.45, 7) is 5.10. The summed E-state index contributed by atoms with van der Waals surface area (Å²) in [5, 5.41) is 6.90. The van der Waals surface area contributed by atoms with Crippen molar-refractivity contribution in [1.82, 2.24) is 15.2 Å². The minimum atomic E-state index is -0.331. The number of rotatable bonds is 5. The molecule has 0 aliphatic carbocycles. The lowest BCUT2D eigenvalue weighted by Crippen LogP contribution is -2.30. The molecule has 0 bridgehead atoms. The Bertz CT molecular complexity index is 721. The maximum atomic E-state index is 11.6. The zero-order chi connectivity index (χ0) is 16.4. The molecule has 2 heterocycles. The standard InChI is InChI=1S/C16H18N4O2S/c1-10-11(2)23-14(19-10)7-17-13-5-3-4-12(6-13)9-20-15(21)8-18-16(20)22/h3-6,17H,7-9H2,1-2H3,(H,18,22). The number of benzene rings is 1. The fraction of sp³-hybridized carbons (Fsp3) is 0.312. The largest absolute Gasteiger partial charge is 0.379 e. The Morgan fingerprint density at radius 3 is 2.83 bits per heavy atom. The van der Waals surface area contributed by atoms with Gasteiger partial charge in [0.1, 0.15) is 5.01 Å². The molecule has 2 aromatic rings. The number of carbonyl (C=O) groups excluding carboxylic acids is 2. The van der Waals surface area contributed by atoms with E-state index in [9.17, 15) is 9.59 Å². The molecule has 2 N–H and O–H groups in total. The van der Waals surface area contributed by atoms with Crippen LogP contribution in [0.5, 0.6) is 0 Å². The third-order valence-corrected chi connectivity index (χ3v) is 4.79. The number of aryl methyl sites for hydroxylation is 2. The summed E-state index contributed by atoms with van der Waals surface area (Å²) in [7, 11) is 0. The highest BCUT2D eigenvalue weighted by atomic mass is 32.1. The second-order valence-electron chi connectivity index (χ2n) is 5.44. The molecule has 3 rings (SSSR count). The molecule has 23 heavy (non-hydrogen) atoms. The van der Waals surface area contributed by atoms with E-state index in [0.29, 0.717) is 6.54 Å². The van der Waals surface area contributed by atoms with E-state index in [2.05, 4.69) is 22.5 Å². The van der Waals surface area contributed by atoms with E-state index < -0.39 is 0 Å². The molecule has 1 aromatic heterocycles. The molecule has 7 heteroatoms. The number of hydrogen-bond donors (Lipinski definition) is 2. The van der Waals surface area contributed by atoms with Crippen molar-refractivity contribution in [3.05, 3.63) is 45.4 Å². The maximum absolute atomic E-state index is 11.6. The minimum Gasteiger partial charge on any atom is -0.379 e. The highest BCUT2D eigenvalue weighted by molar-refractivity contribution is 7.11. The van der Waals surface area contributed by atoms with Crippen LogP contribution in [0.15, 0.2) is 24.3 Å². The van der Waals surface area contributed by atoms with E-state index in [-0.39, 0.29) is 25.0 Å². The van der Waals surface area contributed by atoms with Gasteiger partial charge in [-0.1, -0.05) is 12.1 Å². The number of amides is 3. The van der Waals surface area contributed by atoms with Crippen molar-refractivity contribution in [1.29, 1.82) is 0 Å². The first-order valence-electron chi connectivity index (χ1n) is 7.37. The Balaban J connectivity index is 1.65. The van der Waals surface area contributed by atoms with Crippen molar-refractivity contribution in [2.45, 2.75) is 26.9 Å². The molecule has 1 saturated heterocycles. The monoisotopic (exact) mass is 330 g/mol. The molecule has 3 amide bonds. The number of nitrogens with one attached hydrogen (secondary N) is 2. The summed E-state index contributed by atoms with van der Waals surface area (Å²) in [6, 6.07) is 7.40. The third-order valence-electron chi connectivity index (χ3n) is 3.72. The second kappa shape index (κ2) is 6.37. The average molecular weight is 330 g/mol. The molecule has 0 saturated carbocycles. The molecule has 0 unspecified atom stereocenters. The zero-order valence-electron chi connectivity index (χ0n) is 13.0. The second-order valence-corrected chi connectivity index (χ2v) is 6.73. The first kappa shape index (κ1) is 15.5. The summed E-state index contributed by atoms with van der Waals surface area (Å²) in [5.41, 5.74) is 2.92. The summed E-state index contributed by atoms with van der Waals surface area (Å²) >= 11 is 1.69. The normalized spacial score (nSPS) is 14.3. The van der Waals surface area contributed by atoms with Gasteiger partial charge in [0, 0.05) is 10.6 Å². The highest BCUT2D eigenvalue weighted by Gasteiger charge is 2.28. The Hall–Kier alpha value is -2.41. The molecule has 0 spiro atoms. The van der Waals surface area contributed by atoms with E-state index in [1.807, 2.05) is 31.2 Å². The Morgan fingerprint density at radius 1 is 1.35 bits per heavy atom. The van der Waals surface area contributed by atoms with Gasteiger partial charge in [0.2, 0.25) is 5.91 Å². The Labute approximate surface area is 138 Å². The van der Waals surface area contributed by atoms with Crippen LogP contribution < -0.4 is 10.6 Å². The van der Waals surface area contributed by atoms with E-state index in [4.69, 9.17) is 0 Å². The van der Waals surface area contributed by atoms with Gasteiger partial charge in [-0.25, -0.2) is 9.78 Å². The van der Waals surface area contributed by atoms with Crippen LogP contribution in [0.4, 0.5) is 10.5 Å². The molecule has 1 fully saturated rings. The van der Waals surface area contributed by atoms with Gasteiger partial charge in [0.05, 0.1) is 25.3 Å². The van der Waals surface area contributed by atoms with Crippen molar-refractivity contribution >= 4 is 29.0 Å². The zero-order valence-corrected chi connectivity index (χ0v) is 13.9. The van der Waals surface area contributed by atoms with Crippen molar-refractivity contribution < 1.29 is 9.59 Å². The Morgan fingerprint density at radius 2 is 2.17 bits per heavy atom. The fourth-order valence-corrected chi connectivity index (χ4v) is 3.24. The lowest BCUT2D eigenvalue weighted by Gasteiger charge is -2.13. The number of hydrogen-bond acceptors (Lipinski definition) is 5. The Kier molecular flexibility index (Phi) is 4.29. The van der Waals surface area contributed by atoms with Crippen LogP contribution in [0.3, 0.4) is 0 Å². The van der Waals surface area contributed by atoms with Gasteiger partial charge in [-0.15, -0.1) is 11.3 Å². The topological polar surface area (TPSA) is 74.3 Å². The van der Waals surface area contributed by atoms with Crippen LogP contribution in [0, 0.1) is 13.8 Å². The quantitative estimate of drug-likeness (QED) is 0.826. The van der Waals surface area contributed by atoms with Crippen LogP contribution in [0.25, 0.3) is 0 Å². The molecule has 1 aliphatic heterocycles. The molecule has 1 aromatic carbocycles. The van der Waals surface area contributed by atoms with Crippen LogP contribution in [-0.2, 0) is 17.9 Å². The van der Waals surface area contributed by atoms with Crippen LogP contribution in [0.2, 0.25) is 0 Å². The van der Waals surface area contributed by atoms with Gasteiger partial charge in [0.25, 0.3) is 0 Å². The minimum absolute atomic E-state index is 0.0829. The first-order valence-corrected chi connectivity index (χ1v) is 8.18. The SMILES string of the molecule is Cc1nc(CNc2cccc(CN3C(=O)CNC3=O)c2)sc1C. The summed E-state index contributed by atoms with van der Waals surface area (Å²) in [5.74, 6) is -0.193. The van der Waals surface area contributed by atoms with Crippen LogP contribution in [-0.4, -0.2) is 28.4 Å². The van der Waals surface area contributed by atoms with E-state index >= 15 is 0 Å². The number of thiazole rings is 1. The average Bonchev–Trinajstić information content (AvgIpc) is 3.02. The molecule has 6 nitrogen and oxygen atoms in total. The summed E-state index contributed by atoms with van der Waals surface area (Å²) in [4.78, 5) is 30.2. The number of carbonyl (C=O) groups is 2. The first-order chi connectivity index (χ1) is 11.0. The number of urea groups is 1. The highest BCUT2D eigenvalue weighted by Crippen LogP contribution is 2.19. The van der Waals surface area contributed by atoms with Crippen LogP contribution in [0.1, 0.15) is 21.1 Å². The molecule has 1 aliphatic rings. The smallest absolute Gasteiger partial charge is 0.324 e. The number of imide groups is 1. The van der Waals surface area contributed by atoms with Crippen LogP contribution >= 0.6 is 11.3 Å². The molecular weight excluding hydrogens is 312 g/mol. The van der Waals surface area contributed by atoms with Gasteiger partial charge in [-0.05, 0) is 31.5 Å².